The molecule has 0 saturated heterocycles. The number of pyridine rings is 1. The molecule has 0 amide bonds. The van der Waals surface area contributed by atoms with E-state index in [9.17, 15) is 0 Å². The normalized spacial score (nSPS) is 14.5. The first kappa shape index (κ1) is 15.3. The molecule has 5 rings (SSSR count). The fourth-order valence-corrected chi connectivity index (χ4v) is 3.45. The van der Waals surface area contributed by atoms with Crippen molar-refractivity contribution < 1.29 is 4.74 Å². The van der Waals surface area contributed by atoms with Crippen molar-refractivity contribution in [3.63, 3.8) is 0 Å². The quantitative estimate of drug-likeness (QED) is 0.520. The number of hydrogen-bond donors (Lipinski definition) is 2. The van der Waals surface area contributed by atoms with Crippen LogP contribution in [0.2, 0.25) is 0 Å². The van der Waals surface area contributed by atoms with E-state index in [4.69, 9.17) is 4.74 Å². The van der Waals surface area contributed by atoms with Gasteiger partial charge in [0.2, 0.25) is 0 Å². The molecule has 4 heteroatoms. The first-order valence-electron chi connectivity index (χ1n) is 9.21. The molecule has 2 aromatic heterocycles. The van der Waals surface area contributed by atoms with Gasteiger partial charge >= 0.3 is 0 Å². The lowest BCUT2D eigenvalue weighted by Gasteiger charge is -2.26. The first-order valence-corrected chi connectivity index (χ1v) is 9.21. The number of anilines is 1. The van der Waals surface area contributed by atoms with Gasteiger partial charge in [-0.15, -0.1) is 0 Å². The minimum Gasteiger partial charge on any atom is -0.490 e. The third kappa shape index (κ3) is 2.88. The Bertz CT molecular complexity index is 1070. The van der Waals surface area contributed by atoms with Gasteiger partial charge in [-0.3, -0.25) is 0 Å². The minimum absolute atomic E-state index is 0.407. The smallest absolute Gasteiger partial charge is 0.126 e. The number of nitrogens with zero attached hydrogens (tertiary/aromatic N) is 1. The zero-order chi connectivity index (χ0) is 17.3. The van der Waals surface area contributed by atoms with Crippen molar-refractivity contribution in [3.8, 4) is 5.75 Å². The summed E-state index contributed by atoms with van der Waals surface area (Å²) in [6.45, 7) is 0.725. The van der Waals surface area contributed by atoms with Gasteiger partial charge in [0.15, 0.2) is 0 Å². The second kappa shape index (κ2) is 6.37. The van der Waals surface area contributed by atoms with Gasteiger partial charge < -0.3 is 15.0 Å². The molecule has 0 bridgehead atoms. The van der Waals surface area contributed by atoms with E-state index >= 15 is 0 Å². The maximum absolute atomic E-state index is 5.99. The van der Waals surface area contributed by atoms with E-state index in [0.717, 1.165) is 29.1 Å². The topological polar surface area (TPSA) is 49.9 Å². The number of aromatic amines is 1. The molecule has 26 heavy (non-hydrogen) atoms. The molecular weight excluding hydrogens is 322 g/mol. The molecule has 2 heterocycles. The lowest BCUT2D eigenvalue weighted by atomic mass is 9.96. The number of hydrogen-bond acceptors (Lipinski definition) is 3. The highest BCUT2D eigenvalue weighted by atomic mass is 16.5. The Balaban J connectivity index is 1.34. The van der Waals surface area contributed by atoms with Crippen LogP contribution in [0.5, 0.6) is 5.75 Å². The highest BCUT2D eigenvalue weighted by molar-refractivity contribution is 6.07. The molecule has 0 atom stereocenters. The van der Waals surface area contributed by atoms with Gasteiger partial charge in [0.05, 0.1) is 17.8 Å². The predicted octanol–water partition coefficient (Wildman–Crippen LogP) is 5.26. The van der Waals surface area contributed by atoms with Crippen LogP contribution in [-0.2, 0) is 6.54 Å². The molecule has 1 aliphatic carbocycles. The van der Waals surface area contributed by atoms with Gasteiger partial charge in [-0.05, 0) is 49.1 Å². The Labute approximate surface area is 152 Å². The summed E-state index contributed by atoms with van der Waals surface area (Å²) < 4.78 is 5.99. The zero-order valence-electron chi connectivity index (χ0n) is 14.5. The average Bonchev–Trinajstić information content (AvgIpc) is 3.01. The average molecular weight is 343 g/mol. The Morgan fingerprint density at radius 3 is 2.81 bits per heavy atom. The van der Waals surface area contributed by atoms with E-state index in [-0.39, 0.29) is 0 Å². The van der Waals surface area contributed by atoms with Crippen LogP contribution in [0.3, 0.4) is 0 Å². The Morgan fingerprint density at radius 1 is 1.00 bits per heavy atom. The van der Waals surface area contributed by atoms with Crippen LogP contribution in [0.15, 0.2) is 60.8 Å². The third-order valence-electron chi connectivity index (χ3n) is 5.12. The summed E-state index contributed by atoms with van der Waals surface area (Å²) in [5.41, 5.74) is 3.40. The fourth-order valence-electron chi connectivity index (χ4n) is 3.45. The van der Waals surface area contributed by atoms with Crippen molar-refractivity contribution in [2.24, 2.45) is 0 Å². The molecule has 4 aromatic rings. The Kier molecular flexibility index (Phi) is 3.74. The lowest BCUT2D eigenvalue weighted by Crippen LogP contribution is -2.24. The van der Waals surface area contributed by atoms with Crippen molar-refractivity contribution in [2.75, 3.05) is 5.32 Å². The largest absolute Gasteiger partial charge is 0.490 e. The highest BCUT2D eigenvalue weighted by Crippen LogP contribution is 2.27. The van der Waals surface area contributed by atoms with Crippen LogP contribution >= 0.6 is 0 Å². The van der Waals surface area contributed by atoms with E-state index < -0.39 is 0 Å². The van der Waals surface area contributed by atoms with Gasteiger partial charge in [0.1, 0.15) is 11.6 Å². The van der Waals surface area contributed by atoms with Crippen molar-refractivity contribution in [2.45, 2.75) is 31.9 Å². The number of rotatable bonds is 5. The Hall–Kier alpha value is -3.01. The molecule has 2 aromatic carbocycles. The van der Waals surface area contributed by atoms with Crippen LogP contribution in [-0.4, -0.2) is 16.1 Å². The van der Waals surface area contributed by atoms with Crippen molar-refractivity contribution >= 4 is 27.6 Å². The van der Waals surface area contributed by atoms with Crippen LogP contribution in [0, 0.1) is 0 Å². The maximum atomic E-state index is 5.99. The second-order valence-electron chi connectivity index (χ2n) is 6.96. The molecule has 130 valence electrons. The highest BCUT2D eigenvalue weighted by Gasteiger charge is 2.18. The summed E-state index contributed by atoms with van der Waals surface area (Å²) in [6, 6.07) is 18.8. The van der Waals surface area contributed by atoms with Crippen molar-refractivity contribution in [3.05, 3.63) is 66.4 Å². The number of benzene rings is 2. The third-order valence-corrected chi connectivity index (χ3v) is 5.12. The van der Waals surface area contributed by atoms with Crippen LogP contribution < -0.4 is 10.1 Å². The summed E-state index contributed by atoms with van der Waals surface area (Å²) in [5, 5.41) is 5.86. The summed E-state index contributed by atoms with van der Waals surface area (Å²) in [6.07, 6.45) is 5.94. The van der Waals surface area contributed by atoms with Crippen LogP contribution in [0.4, 0.5) is 5.82 Å². The summed E-state index contributed by atoms with van der Waals surface area (Å²) >= 11 is 0. The second-order valence-corrected chi connectivity index (χ2v) is 6.96. The Morgan fingerprint density at radius 2 is 1.92 bits per heavy atom. The summed E-state index contributed by atoms with van der Waals surface area (Å²) in [5.74, 6) is 1.85. The number of fused-ring (bicyclic) bond motifs is 3. The molecule has 1 saturated carbocycles. The number of aromatic nitrogens is 2. The van der Waals surface area contributed by atoms with Crippen LogP contribution in [0.25, 0.3) is 21.8 Å². The van der Waals surface area contributed by atoms with Gasteiger partial charge in [-0.1, -0.05) is 30.3 Å². The van der Waals surface area contributed by atoms with Crippen molar-refractivity contribution in [1.82, 2.24) is 9.97 Å². The van der Waals surface area contributed by atoms with Gasteiger partial charge in [-0.25, -0.2) is 4.98 Å². The van der Waals surface area contributed by atoms with Crippen molar-refractivity contribution in [1.29, 1.82) is 0 Å². The zero-order valence-corrected chi connectivity index (χ0v) is 14.5. The minimum atomic E-state index is 0.407. The SMILES string of the molecule is c1cc(CNc2cc3c(cn2)[nH]c2ccccc23)cc(OC2CCC2)c1. The van der Waals surface area contributed by atoms with E-state index in [0.29, 0.717) is 6.10 Å². The van der Waals surface area contributed by atoms with E-state index in [1.54, 1.807) is 0 Å². The molecule has 2 N–H and O–H groups in total. The molecular formula is C22H21N3O. The molecule has 0 spiro atoms. The maximum Gasteiger partial charge on any atom is 0.126 e. The molecule has 4 nitrogen and oxygen atoms in total. The number of para-hydroxylation sites is 1. The standard InChI is InChI=1S/C22H21N3O/c1-2-10-20-18(9-1)19-12-22(24-14-21(19)25-20)23-13-15-5-3-8-17(11-15)26-16-6-4-7-16/h1-3,5,8-12,14,16,25H,4,6-7,13H2,(H,23,24). The van der Waals surface area contributed by atoms with Gasteiger partial charge in [-0.2, -0.15) is 0 Å². The first-order chi connectivity index (χ1) is 12.8. The van der Waals surface area contributed by atoms with Gasteiger partial charge in [0.25, 0.3) is 0 Å². The number of nitrogens with one attached hydrogen (secondary N) is 2. The molecule has 0 aliphatic heterocycles. The fraction of sp³-hybridized carbons (Fsp3) is 0.227. The van der Waals surface area contributed by atoms with E-state index in [2.05, 4.69) is 57.7 Å². The molecule has 0 unspecified atom stereocenters. The summed E-state index contributed by atoms with van der Waals surface area (Å²) in [4.78, 5) is 7.95. The summed E-state index contributed by atoms with van der Waals surface area (Å²) in [7, 11) is 0. The van der Waals surface area contributed by atoms with E-state index in [1.165, 1.54) is 35.6 Å². The van der Waals surface area contributed by atoms with E-state index in [1.807, 2.05) is 18.3 Å². The number of ether oxygens (including phenoxy) is 1. The molecule has 1 aliphatic rings. The predicted molar refractivity (Wildman–Crippen MR) is 106 cm³/mol. The lowest BCUT2D eigenvalue weighted by molar-refractivity contribution is 0.120. The number of H-pyrrole nitrogens is 1. The monoisotopic (exact) mass is 343 g/mol. The molecule has 0 radical (unpaired) electrons. The molecule has 1 fully saturated rings. The van der Waals surface area contributed by atoms with Crippen LogP contribution in [0.1, 0.15) is 24.8 Å². The van der Waals surface area contributed by atoms with Gasteiger partial charge in [0, 0.05) is 22.8 Å².